The summed E-state index contributed by atoms with van der Waals surface area (Å²) in [6, 6.07) is 12.6. The molecule has 0 spiro atoms. The van der Waals surface area contributed by atoms with E-state index in [0.29, 0.717) is 30.4 Å². The van der Waals surface area contributed by atoms with Crippen molar-refractivity contribution in [3.63, 3.8) is 0 Å². The molecule has 0 bridgehead atoms. The third-order valence-electron chi connectivity index (χ3n) is 5.61. The van der Waals surface area contributed by atoms with Crippen LogP contribution in [0.5, 0.6) is 11.5 Å². The number of para-hydroxylation sites is 2. The van der Waals surface area contributed by atoms with Gasteiger partial charge >= 0.3 is 0 Å². The molecular formula is C27H32N4O4. The molecule has 8 nitrogen and oxygen atoms in total. The summed E-state index contributed by atoms with van der Waals surface area (Å²) in [6.45, 7) is 10.3. The van der Waals surface area contributed by atoms with Crippen molar-refractivity contribution >= 4 is 22.8 Å². The number of rotatable bonds is 12. The first kappa shape index (κ1) is 25.6. The van der Waals surface area contributed by atoms with Crippen LogP contribution >= 0.6 is 0 Å². The van der Waals surface area contributed by atoms with E-state index < -0.39 is 6.04 Å². The van der Waals surface area contributed by atoms with Crippen LogP contribution < -0.4 is 14.8 Å². The van der Waals surface area contributed by atoms with Crippen molar-refractivity contribution in [2.45, 2.75) is 25.9 Å². The second-order valence-corrected chi connectivity index (χ2v) is 8.08. The minimum Gasteiger partial charge on any atom is -0.493 e. The maximum absolute atomic E-state index is 13.1. The fourth-order valence-corrected chi connectivity index (χ4v) is 3.95. The molecule has 0 fully saturated rings. The Morgan fingerprint density at radius 2 is 1.77 bits per heavy atom. The molecule has 0 aliphatic heterocycles. The van der Waals surface area contributed by atoms with Gasteiger partial charge in [-0.2, -0.15) is 0 Å². The molecule has 8 heteroatoms. The van der Waals surface area contributed by atoms with E-state index in [2.05, 4.69) is 18.5 Å². The Kier molecular flexibility index (Phi) is 8.67. The number of carbonyl (C=O) groups excluding carboxylic acids is 2. The zero-order valence-electron chi connectivity index (χ0n) is 20.5. The quantitative estimate of drug-likeness (QED) is 0.403. The molecule has 2 amide bonds. The van der Waals surface area contributed by atoms with Gasteiger partial charge in [-0.25, -0.2) is 4.98 Å². The van der Waals surface area contributed by atoms with E-state index in [9.17, 15) is 9.59 Å². The highest BCUT2D eigenvalue weighted by Gasteiger charge is 2.22. The smallest absolute Gasteiger partial charge is 0.243 e. The summed E-state index contributed by atoms with van der Waals surface area (Å²) in [6.07, 6.45) is 3.53. The van der Waals surface area contributed by atoms with Gasteiger partial charge in [-0.15, -0.1) is 13.2 Å². The third kappa shape index (κ3) is 6.09. The van der Waals surface area contributed by atoms with Crippen LogP contribution in [0.4, 0.5) is 0 Å². The first-order valence-electron chi connectivity index (χ1n) is 11.4. The first-order chi connectivity index (χ1) is 16.9. The zero-order chi connectivity index (χ0) is 25.4. The summed E-state index contributed by atoms with van der Waals surface area (Å²) in [4.78, 5) is 32.3. The van der Waals surface area contributed by atoms with Crippen LogP contribution in [0.1, 0.15) is 24.4 Å². The number of ether oxygens (including phenoxy) is 2. The molecule has 3 rings (SSSR count). The molecule has 1 heterocycles. The molecule has 0 saturated carbocycles. The number of methoxy groups -OCH3 is 2. The van der Waals surface area contributed by atoms with E-state index in [4.69, 9.17) is 14.5 Å². The number of benzene rings is 2. The van der Waals surface area contributed by atoms with Gasteiger partial charge in [0.15, 0.2) is 11.5 Å². The van der Waals surface area contributed by atoms with Gasteiger partial charge in [-0.3, -0.25) is 9.59 Å². The second-order valence-electron chi connectivity index (χ2n) is 8.08. The lowest BCUT2D eigenvalue weighted by molar-refractivity contribution is -0.130. The Balaban J connectivity index is 1.82. The molecule has 1 aromatic heterocycles. The van der Waals surface area contributed by atoms with Gasteiger partial charge in [0, 0.05) is 13.1 Å². The number of amides is 2. The third-order valence-corrected chi connectivity index (χ3v) is 5.61. The van der Waals surface area contributed by atoms with E-state index in [-0.39, 0.29) is 24.8 Å². The summed E-state index contributed by atoms with van der Waals surface area (Å²) >= 11 is 0. The monoisotopic (exact) mass is 476 g/mol. The number of fused-ring (bicyclic) bond motifs is 1. The van der Waals surface area contributed by atoms with Gasteiger partial charge in [0.1, 0.15) is 12.4 Å². The zero-order valence-corrected chi connectivity index (χ0v) is 20.5. The Bertz CT molecular complexity index is 1210. The molecular weight excluding hydrogens is 444 g/mol. The Morgan fingerprint density at radius 3 is 2.43 bits per heavy atom. The van der Waals surface area contributed by atoms with E-state index in [1.54, 1.807) is 43.4 Å². The molecule has 1 unspecified atom stereocenters. The predicted molar refractivity (Wildman–Crippen MR) is 137 cm³/mol. The van der Waals surface area contributed by atoms with Gasteiger partial charge in [0.05, 0.1) is 37.7 Å². The molecule has 1 N–H and O–H groups in total. The van der Waals surface area contributed by atoms with Gasteiger partial charge in [-0.1, -0.05) is 30.4 Å². The van der Waals surface area contributed by atoms with Gasteiger partial charge in [-0.05, 0) is 36.8 Å². The number of nitrogens with zero attached hydrogens (tertiary/aromatic N) is 3. The molecule has 0 aliphatic rings. The van der Waals surface area contributed by atoms with Crippen LogP contribution in [0.25, 0.3) is 11.0 Å². The van der Waals surface area contributed by atoms with Crippen molar-refractivity contribution in [2.24, 2.45) is 0 Å². The van der Waals surface area contributed by atoms with Crippen molar-refractivity contribution in [3.05, 3.63) is 79.2 Å². The molecule has 2 aromatic carbocycles. The fraction of sp³-hybridized carbons (Fsp3) is 0.296. The maximum Gasteiger partial charge on any atom is 0.243 e. The second kappa shape index (κ2) is 11.9. The first-order valence-corrected chi connectivity index (χ1v) is 11.4. The standard InChI is InChI=1S/C27H32N4O4/c1-6-14-30(15-7-2)26(33)18-31-22-11-9-8-10-21(22)29-27(31)19(3)28-25(32)17-20-12-13-23(34-4)24(16-20)35-5/h6-13,16,19H,1-2,14-15,17-18H2,3-5H3,(H,28,32). The van der Waals surface area contributed by atoms with Crippen molar-refractivity contribution < 1.29 is 19.1 Å². The topological polar surface area (TPSA) is 85.7 Å². The number of aromatic nitrogens is 2. The Hall–Kier alpha value is -4.07. The van der Waals surface area contributed by atoms with Gasteiger partial charge in [0.2, 0.25) is 11.8 Å². The molecule has 0 saturated heterocycles. The minimum atomic E-state index is -0.421. The summed E-state index contributed by atoms with van der Waals surface area (Å²) in [7, 11) is 3.12. The lowest BCUT2D eigenvalue weighted by Crippen LogP contribution is -2.35. The van der Waals surface area contributed by atoms with Crippen molar-refractivity contribution in [1.82, 2.24) is 19.8 Å². The molecule has 35 heavy (non-hydrogen) atoms. The van der Waals surface area contributed by atoms with E-state index in [0.717, 1.165) is 16.6 Å². The van der Waals surface area contributed by atoms with Crippen molar-refractivity contribution in [2.75, 3.05) is 27.3 Å². The van der Waals surface area contributed by atoms with E-state index >= 15 is 0 Å². The van der Waals surface area contributed by atoms with Crippen molar-refractivity contribution in [3.8, 4) is 11.5 Å². The van der Waals surface area contributed by atoms with E-state index in [1.807, 2.05) is 41.8 Å². The highest BCUT2D eigenvalue weighted by molar-refractivity contribution is 5.82. The van der Waals surface area contributed by atoms with Crippen LogP contribution in [0.15, 0.2) is 67.8 Å². The Labute approximate surface area is 205 Å². The van der Waals surface area contributed by atoms with Crippen LogP contribution in [0.2, 0.25) is 0 Å². The number of carbonyl (C=O) groups is 2. The molecule has 3 aromatic rings. The van der Waals surface area contributed by atoms with Crippen LogP contribution in [0.3, 0.4) is 0 Å². The number of imidazole rings is 1. The molecule has 1 atom stereocenters. The van der Waals surface area contributed by atoms with Crippen LogP contribution in [-0.4, -0.2) is 53.6 Å². The van der Waals surface area contributed by atoms with Crippen LogP contribution in [0, 0.1) is 0 Å². The summed E-state index contributed by atoms with van der Waals surface area (Å²) < 4.78 is 12.5. The highest BCUT2D eigenvalue weighted by atomic mass is 16.5. The van der Waals surface area contributed by atoms with Gasteiger partial charge in [0.25, 0.3) is 0 Å². The lowest BCUT2D eigenvalue weighted by atomic mass is 10.1. The van der Waals surface area contributed by atoms with E-state index in [1.165, 1.54) is 0 Å². The van der Waals surface area contributed by atoms with Crippen molar-refractivity contribution in [1.29, 1.82) is 0 Å². The minimum absolute atomic E-state index is 0.0851. The summed E-state index contributed by atoms with van der Waals surface area (Å²) in [5.41, 5.74) is 2.38. The molecule has 0 aliphatic carbocycles. The largest absolute Gasteiger partial charge is 0.493 e. The maximum atomic E-state index is 13.1. The summed E-state index contributed by atoms with van der Waals surface area (Å²) in [5.74, 6) is 1.52. The SMILES string of the molecule is C=CCN(CC=C)C(=O)Cn1c(C(C)NC(=O)Cc2ccc(OC)c(OC)c2)nc2ccccc21. The predicted octanol–water partition coefficient (Wildman–Crippen LogP) is 3.67. The fourth-order valence-electron chi connectivity index (χ4n) is 3.95. The average Bonchev–Trinajstić information content (AvgIpc) is 3.22. The normalized spacial score (nSPS) is 11.5. The molecule has 184 valence electrons. The Morgan fingerprint density at radius 1 is 1.09 bits per heavy atom. The summed E-state index contributed by atoms with van der Waals surface area (Å²) in [5, 5.41) is 3.01. The number of hydrogen-bond donors (Lipinski definition) is 1. The molecule has 0 radical (unpaired) electrons. The number of hydrogen-bond acceptors (Lipinski definition) is 5. The highest BCUT2D eigenvalue weighted by Crippen LogP contribution is 2.28. The van der Waals surface area contributed by atoms with Crippen LogP contribution in [-0.2, 0) is 22.6 Å². The van der Waals surface area contributed by atoms with Gasteiger partial charge < -0.3 is 24.3 Å². The number of nitrogens with one attached hydrogen (secondary N) is 1. The average molecular weight is 477 g/mol. The lowest BCUT2D eigenvalue weighted by Gasteiger charge is -2.22.